The largest absolute Gasteiger partial charge is 0.481 e. The summed E-state index contributed by atoms with van der Waals surface area (Å²) >= 11 is 0. The van der Waals surface area contributed by atoms with Crippen LogP contribution in [0.15, 0.2) is 55.1 Å². The Labute approximate surface area is 228 Å². The summed E-state index contributed by atoms with van der Waals surface area (Å²) in [5.41, 5.74) is 5.82. The summed E-state index contributed by atoms with van der Waals surface area (Å²) in [6.07, 6.45) is 10.3. The van der Waals surface area contributed by atoms with E-state index in [4.69, 9.17) is 9.72 Å². The number of piperidine rings is 2. The van der Waals surface area contributed by atoms with Gasteiger partial charge in [0.25, 0.3) is 0 Å². The number of anilines is 2. The van der Waals surface area contributed by atoms with Crippen LogP contribution in [0.2, 0.25) is 0 Å². The van der Waals surface area contributed by atoms with Gasteiger partial charge in [-0.3, -0.25) is 4.90 Å². The number of rotatable bonds is 6. The highest BCUT2D eigenvalue weighted by molar-refractivity contribution is 5.86. The smallest absolute Gasteiger partial charge is 0.212 e. The van der Waals surface area contributed by atoms with Gasteiger partial charge in [-0.1, -0.05) is 6.07 Å². The zero-order valence-electron chi connectivity index (χ0n) is 22.2. The van der Waals surface area contributed by atoms with Crippen molar-refractivity contribution in [1.82, 2.24) is 24.5 Å². The highest BCUT2D eigenvalue weighted by atomic mass is 16.5. The van der Waals surface area contributed by atoms with Crippen molar-refractivity contribution in [2.75, 3.05) is 56.2 Å². The summed E-state index contributed by atoms with van der Waals surface area (Å²) in [5.74, 6) is 3.25. The molecular weight excluding hydrogens is 488 g/mol. The molecule has 4 aromatic rings. The quantitative estimate of drug-likeness (QED) is 0.379. The first-order valence-corrected chi connectivity index (χ1v) is 13.8. The highest BCUT2D eigenvalue weighted by Gasteiger charge is 2.37. The number of nitrogens with zero attached hydrogens (tertiary/aromatic N) is 8. The van der Waals surface area contributed by atoms with Crippen LogP contribution in [-0.2, 0) is 6.54 Å². The van der Waals surface area contributed by atoms with E-state index in [0.717, 1.165) is 80.1 Å². The predicted molar refractivity (Wildman–Crippen MR) is 150 cm³/mol. The summed E-state index contributed by atoms with van der Waals surface area (Å²) < 4.78 is 7.04. The molecule has 9 nitrogen and oxygen atoms in total. The number of methoxy groups -OCH3 is 1. The molecule has 4 aromatic heterocycles. The van der Waals surface area contributed by atoms with Gasteiger partial charge in [-0.2, -0.15) is 10.4 Å². The van der Waals surface area contributed by atoms with Crippen LogP contribution >= 0.6 is 0 Å². The van der Waals surface area contributed by atoms with Gasteiger partial charge in [0, 0.05) is 75.4 Å². The molecule has 4 fully saturated rings. The Balaban J connectivity index is 1.08. The van der Waals surface area contributed by atoms with E-state index in [0.29, 0.717) is 11.4 Å². The topological polar surface area (TPSA) is 85.8 Å². The molecule has 7 heterocycles. The molecule has 39 heavy (non-hydrogen) atoms. The van der Waals surface area contributed by atoms with Gasteiger partial charge in [0.05, 0.1) is 36.3 Å². The van der Waals surface area contributed by atoms with E-state index in [1.807, 2.05) is 23.0 Å². The molecule has 2 bridgehead atoms. The lowest BCUT2D eigenvalue weighted by Gasteiger charge is -2.48. The average molecular weight is 521 g/mol. The fourth-order valence-electron chi connectivity index (χ4n) is 6.41. The van der Waals surface area contributed by atoms with Gasteiger partial charge < -0.3 is 14.5 Å². The molecule has 1 saturated carbocycles. The molecule has 0 radical (unpaired) electrons. The van der Waals surface area contributed by atoms with Crippen LogP contribution in [0.1, 0.15) is 24.0 Å². The van der Waals surface area contributed by atoms with E-state index in [9.17, 15) is 5.26 Å². The number of hydrogen-bond acceptors (Lipinski definition) is 8. The zero-order chi connectivity index (χ0) is 26.3. The van der Waals surface area contributed by atoms with Crippen molar-refractivity contribution < 1.29 is 4.74 Å². The minimum atomic E-state index is 0.588. The second kappa shape index (κ2) is 9.86. The standard InChI is InChI=1S/C30H32N8O/c1-39-29-5-2-21(14-33-29)17-35-6-8-36(9-7-35)28-4-3-24(15-32-28)27-12-26(37-18-22-10-23(11-22)19-37)20-38-30(27)25(13-31)16-34-38/h2-5,12,14-16,20,22-23H,6-11,17-19H2,1H3. The molecule has 3 aliphatic heterocycles. The predicted octanol–water partition coefficient (Wildman–Crippen LogP) is 3.84. The third kappa shape index (κ3) is 4.55. The third-order valence-corrected chi connectivity index (χ3v) is 8.54. The van der Waals surface area contributed by atoms with Gasteiger partial charge in [0.15, 0.2) is 0 Å². The molecule has 1 aliphatic carbocycles. The maximum atomic E-state index is 9.76. The molecule has 3 saturated heterocycles. The van der Waals surface area contributed by atoms with Gasteiger partial charge in [-0.15, -0.1) is 0 Å². The van der Waals surface area contributed by atoms with Crippen LogP contribution in [0.5, 0.6) is 5.88 Å². The van der Waals surface area contributed by atoms with E-state index in [1.54, 1.807) is 13.3 Å². The minimum Gasteiger partial charge on any atom is -0.481 e. The second-order valence-electron chi connectivity index (χ2n) is 11.1. The normalized spacial score (nSPS) is 21.0. The van der Waals surface area contributed by atoms with Crippen molar-refractivity contribution >= 4 is 17.0 Å². The number of nitriles is 1. The van der Waals surface area contributed by atoms with Crippen molar-refractivity contribution in [2.24, 2.45) is 11.8 Å². The molecule has 8 rings (SSSR count). The fraction of sp³-hybridized carbons (Fsp3) is 0.400. The summed E-state index contributed by atoms with van der Waals surface area (Å²) in [6.45, 7) is 6.88. The van der Waals surface area contributed by atoms with Crippen molar-refractivity contribution in [1.29, 1.82) is 5.26 Å². The molecule has 0 N–H and O–H groups in total. The Bertz CT molecular complexity index is 1500. The molecular formula is C30H32N8O. The summed E-state index contributed by atoms with van der Waals surface area (Å²) in [6, 6.07) is 12.8. The van der Waals surface area contributed by atoms with Gasteiger partial charge in [-0.05, 0) is 48.4 Å². The van der Waals surface area contributed by atoms with Gasteiger partial charge in [0.1, 0.15) is 11.9 Å². The monoisotopic (exact) mass is 520 g/mol. The first kappa shape index (κ1) is 23.9. The van der Waals surface area contributed by atoms with Crippen LogP contribution in [-0.4, -0.2) is 70.9 Å². The maximum absolute atomic E-state index is 9.76. The van der Waals surface area contributed by atoms with Crippen LogP contribution in [0, 0.1) is 23.2 Å². The average Bonchev–Trinajstić information content (AvgIpc) is 3.41. The Kier molecular flexibility index (Phi) is 6.05. The Hall–Kier alpha value is -4.16. The lowest BCUT2D eigenvalue weighted by molar-refractivity contribution is 0.159. The second-order valence-corrected chi connectivity index (χ2v) is 11.1. The molecule has 0 atom stereocenters. The van der Waals surface area contributed by atoms with Crippen LogP contribution < -0.4 is 14.5 Å². The van der Waals surface area contributed by atoms with Crippen molar-refractivity contribution in [2.45, 2.75) is 19.4 Å². The van der Waals surface area contributed by atoms with E-state index < -0.39 is 0 Å². The Morgan fingerprint density at radius 1 is 0.949 bits per heavy atom. The Morgan fingerprint density at radius 3 is 2.44 bits per heavy atom. The summed E-state index contributed by atoms with van der Waals surface area (Å²) in [7, 11) is 1.64. The molecule has 0 unspecified atom stereocenters. The lowest BCUT2D eigenvalue weighted by Crippen LogP contribution is -2.48. The van der Waals surface area contributed by atoms with E-state index in [-0.39, 0.29) is 0 Å². The highest BCUT2D eigenvalue weighted by Crippen LogP contribution is 2.42. The number of hydrogen-bond donors (Lipinski definition) is 0. The minimum absolute atomic E-state index is 0.588. The van der Waals surface area contributed by atoms with Crippen molar-refractivity contribution in [3.05, 3.63) is 66.2 Å². The Morgan fingerprint density at radius 2 is 1.77 bits per heavy atom. The van der Waals surface area contributed by atoms with Crippen LogP contribution in [0.25, 0.3) is 16.6 Å². The number of piperazine rings is 1. The summed E-state index contributed by atoms with van der Waals surface area (Å²) in [5, 5.41) is 14.3. The maximum Gasteiger partial charge on any atom is 0.212 e. The molecule has 9 heteroatoms. The number of pyridine rings is 3. The fourth-order valence-corrected chi connectivity index (χ4v) is 6.41. The number of fused-ring (bicyclic) bond motifs is 3. The summed E-state index contributed by atoms with van der Waals surface area (Å²) in [4.78, 5) is 16.5. The molecule has 0 spiro atoms. The van der Waals surface area contributed by atoms with Gasteiger partial charge in [0.2, 0.25) is 5.88 Å². The van der Waals surface area contributed by atoms with Gasteiger partial charge in [-0.25, -0.2) is 14.5 Å². The molecule has 198 valence electrons. The SMILES string of the molecule is COc1ccc(CN2CCN(c3ccc(-c4cc(N5CC6CC(C6)C5)cn5ncc(C#N)c45)cn3)CC2)cn1. The van der Waals surface area contributed by atoms with E-state index in [1.165, 1.54) is 24.1 Å². The van der Waals surface area contributed by atoms with Crippen LogP contribution in [0.4, 0.5) is 11.5 Å². The van der Waals surface area contributed by atoms with Gasteiger partial charge >= 0.3 is 0 Å². The first-order valence-electron chi connectivity index (χ1n) is 13.8. The number of ether oxygens (including phenoxy) is 1. The van der Waals surface area contributed by atoms with Crippen LogP contribution in [0.3, 0.4) is 0 Å². The van der Waals surface area contributed by atoms with E-state index in [2.05, 4.69) is 61.3 Å². The molecule has 0 amide bonds. The zero-order valence-corrected chi connectivity index (χ0v) is 22.2. The molecule has 0 aromatic carbocycles. The van der Waals surface area contributed by atoms with Crippen molar-refractivity contribution in [3.8, 4) is 23.1 Å². The number of aromatic nitrogens is 4. The van der Waals surface area contributed by atoms with Crippen molar-refractivity contribution in [3.63, 3.8) is 0 Å². The third-order valence-electron chi connectivity index (χ3n) is 8.54. The van der Waals surface area contributed by atoms with E-state index >= 15 is 0 Å². The molecule has 4 aliphatic rings. The lowest BCUT2D eigenvalue weighted by atomic mass is 9.71. The first-order chi connectivity index (χ1) is 19.2.